The van der Waals surface area contributed by atoms with E-state index in [-0.39, 0.29) is 16.7 Å². The number of carboxylic acid groups (broad SMARTS) is 1. The highest BCUT2D eigenvalue weighted by molar-refractivity contribution is 5.96. The van der Waals surface area contributed by atoms with E-state index in [1.54, 1.807) is 0 Å². The molecule has 2 aromatic carbocycles. The van der Waals surface area contributed by atoms with Gasteiger partial charge in [0.05, 0.1) is 17.3 Å². The summed E-state index contributed by atoms with van der Waals surface area (Å²) in [7, 11) is 1.24. The molecule has 2 rings (SSSR count). The first-order valence-electron chi connectivity index (χ1n) is 7.03. The molecule has 25 heavy (non-hydrogen) atoms. The van der Waals surface area contributed by atoms with E-state index >= 15 is 0 Å². The lowest BCUT2D eigenvalue weighted by atomic mass is 10.1. The number of alkyl halides is 2. The van der Waals surface area contributed by atoms with Crippen molar-refractivity contribution >= 4 is 18.1 Å². The molecular weight excluding hydrogens is 337 g/mol. The van der Waals surface area contributed by atoms with Crippen molar-refractivity contribution in [3.8, 4) is 0 Å². The summed E-state index contributed by atoms with van der Waals surface area (Å²) in [5, 5.41) is 13.3. The molecule has 1 N–H and O–H groups in total. The van der Waals surface area contributed by atoms with Gasteiger partial charge in [-0.15, -0.1) is 0 Å². The molecule has 0 aromatic heterocycles. The predicted octanol–water partition coefficient (Wildman–Crippen LogP) is 3.57. The van der Waals surface area contributed by atoms with Crippen LogP contribution in [0.15, 0.2) is 47.6 Å². The van der Waals surface area contributed by atoms with Gasteiger partial charge in [0.25, 0.3) is 12.3 Å². The van der Waals surface area contributed by atoms with E-state index in [9.17, 15) is 22.8 Å². The van der Waals surface area contributed by atoms with Crippen molar-refractivity contribution in [2.24, 2.45) is 5.10 Å². The summed E-state index contributed by atoms with van der Waals surface area (Å²) in [5.41, 5.74) is -0.915. The number of amides is 1. The van der Waals surface area contributed by atoms with Gasteiger partial charge in [-0.1, -0.05) is 18.2 Å². The van der Waals surface area contributed by atoms with E-state index in [1.807, 2.05) is 0 Å². The standard InChI is InChI=1S/C17H13F3N2O3/c1-22(16(23)13-5-3-2-4-12(13)15(19)20)21-9-11-7-6-10(17(24)25)8-14(11)18/h2-9,15H,1H3,(H,24,25)/b21-9+. The Morgan fingerprint density at radius 2 is 1.88 bits per heavy atom. The molecular formula is C17H13F3N2O3. The number of carbonyl (C=O) groups is 2. The van der Waals surface area contributed by atoms with Crippen LogP contribution in [-0.4, -0.2) is 35.3 Å². The van der Waals surface area contributed by atoms with E-state index in [0.29, 0.717) is 0 Å². The number of hydrazone groups is 1. The Balaban J connectivity index is 2.22. The molecule has 0 saturated carbocycles. The Labute approximate surface area is 141 Å². The lowest BCUT2D eigenvalue weighted by Crippen LogP contribution is -2.23. The number of hydrogen-bond donors (Lipinski definition) is 1. The third kappa shape index (κ3) is 4.23. The second-order valence-electron chi connectivity index (χ2n) is 5.00. The summed E-state index contributed by atoms with van der Waals surface area (Å²) < 4.78 is 39.7. The fourth-order valence-electron chi connectivity index (χ4n) is 2.02. The smallest absolute Gasteiger partial charge is 0.335 e. The van der Waals surface area contributed by atoms with Gasteiger partial charge in [0, 0.05) is 18.2 Å². The van der Waals surface area contributed by atoms with Gasteiger partial charge in [-0.05, 0) is 24.3 Å². The molecule has 0 aliphatic rings. The van der Waals surface area contributed by atoms with E-state index in [2.05, 4.69) is 5.10 Å². The quantitative estimate of drug-likeness (QED) is 0.662. The van der Waals surface area contributed by atoms with Crippen LogP contribution in [0.4, 0.5) is 13.2 Å². The van der Waals surface area contributed by atoms with Crippen LogP contribution in [0.25, 0.3) is 0 Å². The fourth-order valence-corrected chi connectivity index (χ4v) is 2.02. The summed E-state index contributed by atoms with van der Waals surface area (Å²) in [6.45, 7) is 0. The molecule has 0 unspecified atom stereocenters. The number of aromatic carboxylic acids is 1. The first-order valence-corrected chi connectivity index (χ1v) is 7.03. The van der Waals surface area contributed by atoms with Crippen LogP contribution in [0.5, 0.6) is 0 Å². The molecule has 130 valence electrons. The van der Waals surface area contributed by atoms with Crippen LogP contribution >= 0.6 is 0 Å². The number of nitrogens with zero attached hydrogens (tertiary/aromatic N) is 2. The summed E-state index contributed by atoms with van der Waals surface area (Å²) in [4.78, 5) is 23.0. The first-order chi connectivity index (χ1) is 11.8. The van der Waals surface area contributed by atoms with Gasteiger partial charge in [-0.3, -0.25) is 4.79 Å². The second-order valence-corrected chi connectivity index (χ2v) is 5.00. The minimum Gasteiger partial charge on any atom is -0.478 e. The van der Waals surface area contributed by atoms with Gasteiger partial charge in [-0.25, -0.2) is 23.0 Å². The molecule has 0 spiro atoms. The summed E-state index contributed by atoms with van der Waals surface area (Å²) in [6, 6.07) is 8.41. The molecule has 0 atom stereocenters. The Morgan fingerprint density at radius 3 is 2.48 bits per heavy atom. The summed E-state index contributed by atoms with van der Waals surface area (Å²) >= 11 is 0. The average Bonchev–Trinajstić information content (AvgIpc) is 2.59. The topological polar surface area (TPSA) is 70.0 Å². The molecule has 2 aromatic rings. The van der Waals surface area contributed by atoms with Crippen molar-refractivity contribution in [2.75, 3.05) is 7.05 Å². The zero-order valence-electron chi connectivity index (χ0n) is 13.0. The highest BCUT2D eigenvalue weighted by Gasteiger charge is 2.20. The van der Waals surface area contributed by atoms with Gasteiger partial charge in [0.15, 0.2) is 0 Å². The molecule has 1 amide bonds. The maximum absolute atomic E-state index is 13.8. The summed E-state index contributed by atoms with van der Waals surface area (Å²) in [5.74, 6) is -2.90. The zero-order chi connectivity index (χ0) is 18.6. The number of carbonyl (C=O) groups excluding carboxylic acids is 1. The van der Waals surface area contributed by atoms with Crippen molar-refractivity contribution in [1.29, 1.82) is 0 Å². The van der Waals surface area contributed by atoms with E-state index in [4.69, 9.17) is 5.11 Å². The monoisotopic (exact) mass is 350 g/mol. The van der Waals surface area contributed by atoms with Crippen LogP contribution in [0.3, 0.4) is 0 Å². The molecule has 0 radical (unpaired) electrons. The Bertz CT molecular complexity index is 838. The normalized spacial score (nSPS) is 11.1. The minimum absolute atomic E-state index is 0.0493. The van der Waals surface area contributed by atoms with Crippen LogP contribution < -0.4 is 0 Å². The van der Waals surface area contributed by atoms with Gasteiger partial charge >= 0.3 is 5.97 Å². The van der Waals surface area contributed by atoms with Crippen LogP contribution in [-0.2, 0) is 0 Å². The Morgan fingerprint density at radius 1 is 1.20 bits per heavy atom. The summed E-state index contributed by atoms with van der Waals surface area (Å²) in [6.07, 6.45) is -1.82. The lowest BCUT2D eigenvalue weighted by molar-refractivity contribution is 0.0695. The van der Waals surface area contributed by atoms with Gasteiger partial charge in [0.1, 0.15) is 5.82 Å². The SMILES string of the molecule is CN(/N=C/c1ccc(C(=O)O)cc1F)C(=O)c1ccccc1C(F)F. The number of carboxylic acids is 1. The van der Waals surface area contributed by atoms with Crippen LogP contribution in [0, 0.1) is 5.82 Å². The highest BCUT2D eigenvalue weighted by atomic mass is 19.3. The average molecular weight is 350 g/mol. The van der Waals surface area contributed by atoms with E-state index in [0.717, 1.165) is 23.4 Å². The fraction of sp³-hybridized carbons (Fsp3) is 0.118. The molecule has 0 aliphatic heterocycles. The third-order valence-corrected chi connectivity index (χ3v) is 3.34. The van der Waals surface area contributed by atoms with Crippen molar-refractivity contribution in [2.45, 2.75) is 6.43 Å². The number of rotatable bonds is 5. The molecule has 0 saturated heterocycles. The van der Waals surface area contributed by atoms with Crippen LogP contribution in [0.2, 0.25) is 0 Å². The van der Waals surface area contributed by atoms with Crippen molar-refractivity contribution in [1.82, 2.24) is 5.01 Å². The van der Waals surface area contributed by atoms with Crippen molar-refractivity contribution < 1.29 is 27.9 Å². The van der Waals surface area contributed by atoms with Gasteiger partial charge in [0.2, 0.25) is 0 Å². The Kier molecular flexibility index (Phi) is 5.53. The maximum Gasteiger partial charge on any atom is 0.335 e. The molecule has 0 heterocycles. The highest BCUT2D eigenvalue weighted by Crippen LogP contribution is 2.23. The van der Waals surface area contributed by atoms with Gasteiger partial charge < -0.3 is 5.11 Å². The predicted molar refractivity (Wildman–Crippen MR) is 84.4 cm³/mol. The van der Waals surface area contributed by atoms with E-state index in [1.165, 1.54) is 37.4 Å². The third-order valence-electron chi connectivity index (χ3n) is 3.34. The number of benzene rings is 2. The van der Waals surface area contributed by atoms with E-state index < -0.39 is 29.7 Å². The largest absolute Gasteiger partial charge is 0.478 e. The zero-order valence-corrected chi connectivity index (χ0v) is 13.0. The van der Waals surface area contributed by atoms with Gasteiger partial charge in [-0.2, -0.15) is 5.10 Å². The molecule has 8 heteroatoms. The van der Waals surface area contributed by atoms with Crippen molar-refractivity contribution in [3.05, 3.63) is 70.5 Å². The molecule has 0 aliphatic carbocycles. The molecule has 5 nitrogen and oxygen atoms in total. The van der Waals surface area contributed by atoms with Crippen molar-refractivity contribution in [3.63, 3.8) is 0 Å². The van der Waals surface area contributed by atoms with Crippen LogP contribution in [0.1, 0.15) is 38.3 Å². The molecule has 0 bridgehead atoms. The Hall–Kier alpha value is -3.16. The minimum atomic E-state index is -2.82. The molecule has 0 fully saturated rings. The number of hydrogen-bond acceptors (Lipinski definition) is 3. The lowest BCUT2D eigenvalue weighted by Gasteiger charge is -2.13. The second kappa shape index (κ2) is 7.61. The maximum atomic E-state index is 13.8. The first kappa shape index (κ1) is 18.2. The number of halogens is 3.